The van der Waals surface area contributed by atoms with E-state index in [0.29, 0.717) is 24.3 Å². The lowest BCUT2D eigenvalue weighted by Crippen LogP contribution is -2.45. The van der Waals surface area contributed by atoms with Crippen LogP contribution in [0, 0.1) is 11.3 Å². The molecule has 0 amide bonds. The number of imidazole rings is 1. The van der Waals surface area contributed by atoms with Gasteiger partial charge in [0.15, 0.2) is 15.8 Å². The third-order valence-corrected chi connectivity index (χ3v) is 10.5. The summed E-state index contributed by atoms with van der Waals surface area (Å²) in [5.41, 5.74) is 0.255. The number of sulfonamides is 1. The highest BCUT2D eigenvalue weighted by Crippen LogP contribution is 2.53. The molecule has 40 heavy (non-hydrogen) atoms. The number of nitrogens with one attached hydrogen (secondary N) is 1. The maximum absolute atomic E-state index is 13.4. The number of halogens is 2. The van der Waals surface area contributed by atoms with Crippen LogP contribution in [0.1, 0.15) is 71.2 Å². The fourth-order valence-electron chi connectivity index (χ4n) is 5.71. The van der Waals surface area contributed by atoms with Gasteiger partial charge in [-0.1, -0.05) is 11.3 Å². The number of anilines is 1. The molecule has 216 valence electrons. The van der Waals surface area contributed by atoms with Crippen molar-refractivity contribution in [3.63, 3.8) is 0 Å². The van der Waals surface area contributed by atoms with E-state index in [0.717, 1.165) is 43.4 Å². The van der Waals surface area contributed by atoms with Crippen molar-refractivity contribution in [3.05, 3.63) is 23.5 Å². The lowest BCUT2D eigenvalue weighted by atomic mass is 9.61. The Morgan fingerprint density at radius 3 is 2.58 bits per heavy atom. The molecule has 1 aliphatic heterocycles. The van der Waals surface area contributed by atoms with Crippen LogP contribution in [0.25, 0.3) is 16.3 Å². The van der Waals surface area contributed by atoms with E-state index in [4.69, 9.17) is 4.74 Å². The number of hydrogen-bond acceptors (Lipinski definition) is 9. The predicted octanol–water partition coefficient (Wildman–Crippen LogP) is 4.57. The molecule has 10 nitrogen and oxygen atoms in total. The number of ether oxygens (including phenoxy) is 1. The van der Waals surface area contributed by atoms with Gasteiger partial charge in [-0.15, -0.1) is 10.2 Å². The fourth-order valence-corrected chi connectivity index (χ4v) is 7.88. The Balaban J connectivity index is 1.34. The molecule has 2 aliphatic carbocycles. The second kappa shape index (κ2) is 9.15. The van der Waals surface area contributed by atoms with Gasteiger partial charge in [0.05, 0.1) is 23.3 Å². The molecule has 0 aromatic carbocycles. The van der Waals surface area contributed by atoms with Crippen molar-refractivity contribution in [3.8, 4) is 10.8 Å². The van der Waals surface area contributed by atoms with Crippen molar-refractivity contribution in [1.29, 1.82) is 0 Å². The van der Waals surface area contributed by atoms with E-state index < -0.39 is 32.6 Å². The first-order valence-electron chi connectivity index (χ1n) is 13.3. The van der Waals surface area contributed by atoms with Gasteiger partial charge in [0.25, 0.3) is 6.43 Å². The van der Waals surface area contributed by atoms with Crippen LogP contribution >= 0.6 is 11.3 Å². The Bertz CT molecular complexity index is 1590. The first kappa shape index (κ1) is 27.5. The zero-order chi connectivity index (χ0) is 28.7. The summed E-state index contributed by atoms with van der Waals surface area (Å²) >= 11 is 0.726. The molecule has 6 rings (SSSR count). The van der Waals surface area contributed by atoms with Gasteiger partial charge in [-0.25, -0.2) is 26.9 Å². The highest BCUT2D eigenvalue weighted by molar-refractivity contribution is 7.89. The fraction of sp³-hybridized carbons (Fsp3) is 0.615. The summed E-state index contributed by atoms with van der Waals surface area (Å²) in [6.07, 6.45) is 4.12. The second-order valence-electron chi connectivity index (χ2n) is 12.6. The van der Waals surface area contributed by atoms with Crippen LogP contribution in [-0.2, 0) is 19.6 Å². The molecule has 1 spiro atoms. The van der Waals surface area contributed by atoms with Crippen molar-refractivity contribution < 1.29 is 26.7 Å². The molecule has 3 fully saturated rings. The van der Waals surface area contributed by atoms with Crippen molar-refractivity contribution >= 4 is 38.5 Å². The van der Waals surface area contributed by atoms with Gasteiger partial charge in [-0.2, -0.15) is 0 Å². The quantitative estimate of drug-likeness (QED) is 0.395. The predicted molar refractivity (Wildman–Crippen MR) is 145 cm³/mol. The van der Waals surface area contributed by atoms with Crippen LogP contribution in [0.5, 0.6) is 0 Å². The van der Waals surface area contributed by atoms with Gasteiger partial charge in [0.1, 0.15) is 10.5 Å². The first-order chi connectivity index (χ1) is 18.7. The van der Waals surface area contributed by atoms with Crippen LogP contribution in [0.2, 0.25) is 0 Å². The summed E-state index contributed by atoms with van der Waals surface area (Å²) in [6, 6.07) is 1.66. The van der Waals surface area contributed by atoms with Crippen molar-refractivity contribution in [2.75, 3.05) is 18.0 Å². The molecule has 0 radical (unpaired) electrons. The van der Waals surface area contributed by atoms with Crippen LogP contribution in [0.4, 0.5) is 14.5 Å². The summed E-state index contributed by atoms with van der Waals surface area (Å²) < 4.78 is 63.3. The molecular weight excluding hydrogens is 562 g/mol. The van der Waals surface area contributed by atoms with E-state index in [2.05, 4.69) is 24.8 Å². The van der Waals surface area contributed by atoms with E-state index in [9.17, 15) is 22.0 Å². The van der Waals surface area contributed by atoms with E-state index in [-0.39, 0.29) is 33.0 Å². The van der Waals surface area contributed by atoms with Crippen molar-refractivity contribution in [2.24, 2.45) is 11.3 Å². The Morgan fingerprint density at radius 1 is 1.23 bits per heavy atom. The molecule has 2 saturated carbocycles. The second-order valence-corrected chi connectivity index (χ2v) is 15.3. The number of alkyl halides is 2. The van der Waals surface area contributed by atoms with Gasteiger partial charge in [-0.3, -0.25) is 9.20 Å². The van der Waals surface area contributed by atoms with E-state index in [1.54, 1.807) is 16.7 Å². The Kier molecular flexibility index (Phi) is 6.28. The first-order valence-corrected chi connectivity index (χ1v) is 15.6. The summed E-state index contributed by atoms with van der Waals surface area (Å²) in [7, 11) is -3.88. The molecule has 4 heterocycles. The number of esters is 1. The van der Waals surface area contributed by atoms with Crippen LogP contribution in [0.3, 0.4) is 0 Å². The molecular formula is C26H32F2N6O4S2. The van der Waals surface area contributed by atoms with Crippen molar-refractivity contribution in [1.82, 2.24) is 24.3 Å². The van der Waals surface area contributed by atoms with Crippen LogP contribution in [0.15, 0.2) is 23.4 Å². The summed E-state index contributed by atoms with van der Waals surface area (Å²) in [6.45, 7) is 8.78. The highest BCUT2D eigenvalue weighted by atomic mass is 32.2. The molecule has 3 aromatic heterocycles. The topological polar surface area (TPSA) is 119 Å². The van der Waals surface area contributed by atoms with Gasteiger partial charge in [0.2, 0.25) is 10.0 Å². The number of carbonyl (C=O) groups excluding carboxylic acids is 1. The zero-order valence-corrected chi connectivity index (χ0v) is 24.4. The highest BCUT2D eigenvalue weighted by Gasteiger charge is 2.52. The lowest BCUT2D eigenvalue weighted by Gasteiger charge is -2.44. The Morgan fingerprint density at radius 2 is 1.95 bits per heavy atom. The van der Waals surface area contributed by atoms with E-state index >= 15 is 0 Å². The molecule has 0 atom stereocenters. The summed E-state index contributed by atoms with van der Waals surface area (Å²) in [5, 5.41) is 7.22. The van der Waals surface area contributed by atoms with Crippen molar-refractivity contribution in [2.45, 2.75) is 82.3 Å². The van der Waals surface area contributed by atoms with Gasteiger partial charge >= 0.3 is 5.97 Å². The number of pyridine rings is 1. The average molecular weight is 595 g/mol. The molecule has 1 N–H and O–H groups in total. The maximum atomic E-state index is 13.4. The molecule has 14 heteroatoms. The number of rotatable bonds is 7. The minimum absolute atomic E-state index is 0.0541. The zero-order valence-electron chi connectivity index (χ0n) is 22.8. The van der Waals surface area contributed by atoms with Gasteiger partial charge in [-0.05, 0) is 71.3 Å². The summed E-state index contributed by atoms with van der Waals surface area (Å²) in [4.78, 5) is 19.2. The number of carbonyl (C=O) groups is 1. The third-order valence-electron chi connectivity index (χ3n) is 7.98. The normalized spacial score (nSPS) is 24.2. The number of aromatic nitrogens is 4. The molecule has 1 saturated heterocycles. The Labute approximate surface area is 235 Å². The molecule has 0 bridgehead atoms. The summed E-state index contributed by atoms with van der Waals surface area (Å²) in [5.74, 6) is -0.0670. The third kappa shape index (κ3) is 5.09. The SMILES string of the molecule is CC1(NS(=O)(=O)c2cc(N3CCC4(CC(C(=O)OC(C)(C)C)C4)C3)c3cnc(-c4nnc(C(F)F)s4)n3c2)CC1. The minimum Gasteiger partial charge on any atom is -0.460 e. The van der Waals surface area contributed by atoms with Crippen LogP contribution in [-0.4, -0.2) is 58.2 Å². The van der Waals surface area contributed by atoms with Gasteiger partial charge in [0, 0.05) is 24.8 Å². The van der Waals surface area contributed by atoms with Gasteiger partial charge < -0.3 is 9.64 Å². The standard InChI is InChI=1S/C26H32F2N6O4S2/c1-24(2,3)38-23(35)15-10-26(11-15)7-8-33(14-26)17-9-16(40(36,37)32-25(4)5-6-25)13-34-18(17)12-29-20(34)22-31-30-21(39-22)19(27)28/h9,12-13,15,19,32H,5-8,10-11,14H2,1-4H3. The van der Waals surface area contributed by atoms with E-state index in [1.807, 2.05) is 27.7 Å². The number of hydrogen-bond donors (Lipinski definition) is 1. The maximum Gasteiger partial charge on any atom is 0.309 e. The largest absolute Gasteiger partial charge is 0.460 e. The lowest BCUT2D eigenvalue weighted by molar-refractivity contribution is -0.167. The minimum atomic E-state index is -3.88. The molecule has 3 aromatic rings. The van der Waals surface area contributed by atoms with Crippen LogP contribution < -0.4 is 9.62 Å². The monoisotopic (exact) mass is 594 g/mol. The molecule has 0 unspecified atom stereocenters. The molecule has 3 aliphatic rings. The average Bonchev–Trinajstić information content (AvgIpc) is 3.27. The Hall–Kier alpha value is -2.71. The number of nitrogens with zero attached hydrogens (tertiary/aromatic N) is 5. The van der Waals surface area contributed by atoms with E-state index in [1.165, 1.54) is 6.20 Å². The smallest absolute Gasteiger partial charge is 0.309 e. The number of fused-ring (bicyclic) bond motifs is 1.